The minimum Gasteiger partial charge on any atom is -0.356 e. The van der Waals surface area contributed by atoms with E-state index in [1.165, 1.54) is 5.56 Å². The van der Waals surface area contributed by atoms with E-state index in [1.807, 2.05) is 18.2 Å². The molecule has 0 bridgehead atoms. The SMILES string of the molecule is O=C(NC1CCN(Cc2ccccc2)CC1)C1CCN(c2cc(C(F)(F)F)ncn2)CC1. The van der Waals surface area contributed by atoms with E-state index in [9.17, 15) is 18.0 Å². The van der Waals surface area contributed by atoms with Gasteiger partial charge in [-0.2, -0.15) is 13.2 Å². The number of hydrogen-bond acceptors (Lipinski definition) is 5. The molecule has 0 aliphatic carbocycles. The van der Waals surface area contributed by atoms with E-state index in [4.69, 9.17) is 0 Å². The summed E-state index contributed by atoms with van der Waals surface area (Å²) in [5, 5.41) is 3.20. The molecule has 2 aliphatic heterocycles. The van der Waals surface area contributed by atoms with Gasteiger partial charge in [-0.1, -0.05) is 30.3 Å². The third-order valence-electron chi connectivity index (χ3n) is 6.32. The van der Waals surface area contributed by atoms with Gasteiger partial charge >= 0.3 is 6.18 Å². The van der Waals surface area contributed by atoms with Gasteiger partial charge in [0, 0.05) is 50.7 Å². The molecule has 0 atom stereocenters. The van der Waals surface area contributed by atoms with E-state index >= 15 is 0 Å². The van der Waals surface area contributed by atoms with Crippen LogP contribution >= 0.6 is 0 Å². The lowest BCUT2D eigenvalue weighted by Gasteiger charge is -2.35. The molecule has 0 unspecified atom stereocenters. The number of piperidine rings is 2. The Labute approximate surface area is 185 Å². The molecule has 0 radical (unpaired) electrons. The quantitative estimate of drug-likeness (QED) is 0.760. The molecule has 32 heavy (non-hydrogen) atoms. The number of anilines is 1. The van der Waals surface area contributed by atoms with Crippen molar-refractivity contribution in [3.05, 3.63) is 54.0 Å². The first-order chi connectivity index (χ1) is 15.4. The first-order valence-electron chi connectivity index (χ1n) is 11.1. The summed E-state index contributed by atoms with van der Waals surface area (Å²) < 4.78 is 38.7. The van der Waals surface area contributed by atoms with Crippen LogP contribution in [0.3, 0.4) is 0 Å². The summed E-state index contributed by atoms with van der Waals surface area (Å²) >= 11 is 0. The maximum Gasteiger partial charge on any atom is 0.433 e. The number of amides is 1. The molecule has 2 fully saturated rings. The Hall–Kier alpha value is -2.68. The van der Waals surface area contributed by atoms with Crippen LogP contribution in [0.1, 0.15) is 36.9 Å². The summed E-state index contributed by atoms with van der Waals surface area (Å²) in [6.07, 6.45) is -0.487. The van der Waals surface area contributed by atoms with Crippen molar-refractivity contribution in [3.8, 4) is 0 Å². The molecule has 1 N–H and O–H groups in total. The Balaban J connectivity index is 1.22. The number of alkyl halides is 3. The average Bonchev–Trinajstić information content (AvgIpc) is 2.81. The first-order valence-corrected chi connectivity index (χ1v) is 11.1. The van der Waals surface area contributed by atoms with Crippen LogP contribution in [0.15, 0.2) is 42.7 Å². The third kappa shape index (κ3) is 5.76. The Bertz CT molecular complexity index is 892. The fraction of sp³-hybridized carbons (Fsp3) is 0.522. The molecule has 2 saturated heterocycles. The van der Waals surface area contributed by atoms with Crippen molar-refractivity contribution >= 4 is 11.7 Å². The molecule has 6 nitrogen and oxygen atoms in total. The molecule has 0 saturated carbocycles. The lowest BCUT2D eigenvalue weighted by Crippen LogP contribution is -2.48. The minimum absolute atomic E-state index is 0.0600. The fourth-order valence-electron chi connectivity index (χ4n) is 4.44. The summed E-state index contributed by atoms with van der Waals surface area (Å²) in [4.78, 5) is 24.3. The lowest BCUT2D eigenvalue weighted by atomic mass is 9.94. The van der Waals surface area contributed by atoms with Gasteiger partial charge in [-0.05, 0) is 31.2 Å². The Morgan fingerprint density at radius 2 is 1.69 bits per heavy atom. The second-order valence-corrected chi connectivity index (χ2v) is 8.57. The van der Waals surface area contributed by atoms with Gasteiger partial charge in [0.25, 0.3) is 0 Å². The third-order valence-corrected chi connectivity index (χ3v) is 6.32. The van der Waals surface area contributed by atoms with E-state index in [-0.39, 0.29) is 23.7 Å². The number of aromatic nitrogens is 2. The molecular formula is C23H28F3N5O. The molecule has 2 aromatic rings. The standard InChI is InChI=1S/C23H28F3N5O/c24-23(25,26)20-14-21(28-16-27-20)31-12-6-18(7-13-31)22(32)29-19-8-10-30(11-9-19)15-17-4-2-1-3-5-17/h1-5,14,16,18-19H,6-13,15H2,(H,29,32). The highest BCUT2D eigenvalue weighted by atomic mass is 19.4. The summed E-state index contributed by atoms with van der Waals surface area (Å²) in [5.74, 6) is 0.208. The van der Waals surface area contributed by atoms with E-state index in [1.54, 1.807) is 4.90 Å². The Morgan fingerprint density at radius 1 is 1.00 bits per heavy atom. The van der Waals surface area contributed by atoms with Crippen molar-refractivity contribution in [2.75, 3.05) is 31.1 Å². The zero-order valence-electron chi connectivity index (χ0n) is 17.9. The molecule has 4 rings (SSSR count). The molecule has 1 aromatic carbocycles. The Kier molecular flexibility index (Phi) is 6.93. The zero-order valence-corrected chi connectivity index (χ0v) is 17.9. The van der Waals surface area contributed by atoms with E-state index in [0.29, 0.717) is 25.9 Å². The van der Waals surface area contributed by atoms with Crippen molar-refractivity contribution in [2.24, 2.45) is 5.92 Å². The highest BCUT2D eigenvalue weighted by Crippen LogP contribution is 2.30. The largest absolute Gasteiger partial charge is 0.433 e. The molecule has 1 amide bonds. The number of carbonyl (C=O) groups excluding carboxylic acids is 1. The number of rotatable bonds is 5. The number of carbonyl (C=O) groups is 1. The molecule has 3 heterocycles. The summed E-state index contributed by atoms with van der Waals surface area (Å²) in [5.41, 5.74) is 0.355. The number of halogens is 3. The van der Waals surface area contributed by atoms with Crippen LogP contribution in [0.5, 0.6) is 0 Å². The van der Waals surface area contributed by atoms with Gasteiger partial charge in [0.1, 0.15) is 17.8 Å². The topological polar surface area (TPSA) is 61.4 Å². The predicted octanol–water partition coefficient (Wildman–Crippen LogP) is 3.49. The minimum atomic E-state index is -4.49. The molecule has 1 aromatic heterocycles. The van der Waals surface area contributed by atoms with Crippen molar-refractivity contribution in [1.82, 2.24) is 20.2 Å². The summed E-state index contributed by atoms with van der Waals surface area (Å²) in [6.45, 7) is 3.84. The van der Waals surface area contributed by atoms with Gasteiger partial charge in [-0.15, -0.1) is 0 Å². The first kappa shape index (κ1) is 22.5. The van der Waals surface area contributed by atoms with Crippen LogP contribution in [0.25, 0.3) is 0 Å². The normalized spacial score (nSPS) is 19.2. The molecule has 9 heteroatoms. The van der Waals surface area contributed by atoms with Gasteiger partial charge in [0.2, 0.25) is 5.91 Å². The van der Waals surface area contributed by atoms with Crippen molar-refractivity contribution < 1.29 is 18.0 Å². The van der Waals surface area contributed by atoms with Crippen LogP contribution in [0.2, 0.25) is 0 Å². The fourth-order valence-corrected chi connectivity index (χ4v) is 4.44. The van der Waals surface area contributed by atoms with Gasteiger partial charge in [0.05, 0.1) is 0 Å². The predicted molar refractivity (Wildman–Crippen MR) is 115 cm³/mol. The lowest BCUT2D eigenvalue weighted by molar-refractivity contribution is -0.141. The maximum atomic E-state index is 12.9. The average molecular weight is 448 g/mol. The highest BCUT2D eigenvalue weighted by molar-refractivity contribution is 5.79. The van der Waals surface area contributed by atoms with Crippen molar-refractivity contribution in [2.45, 2.75) is 44.4 Å². The van der Waals surface area contributed by atoms with Crippen molar-refractivity contribution in [3.63, 3.8) is 0 Å². The van der Waals surface area contributed by atoms with E-state index in [0.717, 1.165) is 44.9 Å². The second-order valence-electron chi connectivity index (χ2n) is 8.57. The number of benzene rings is 1. The van der Waals surface area contributed by atoms with E-state index < -0.39 is 11.9 Å². The molecule has 2 aliphatic rings. The Morgan fingerprint density at radius 3 is 2.34 bits per heavy atom. The number of likely N-dealkylation sites (tertiary alicyclic amines) is 1. The number of hydrogen-bond donors (Lipinski definition) is 1. The van der Waals surface area contributed by atoms with Gasteiger partial charge in [-0.3, -0.25) is 9.69 Å². The highest BCUT2D eigenvalue weighted by Gasteiger charge is 2.34. The summed E-state index contributed by atoms with van der Waals surface area (Å²) in [6, 6.07) is 11.5. The zero-order chi connectivity index (χ0) is 22.6. The van der Waals surface area contributed by atoms with Crippen LogP contribution < -0.4 is 10.2 Å². The van der Waals surface area contributed by atoms with Gasteiger partial charge < -0.3 is 10.2 Å². The van der Waals surface area contributed by atoms with Crippen LogP contribution in [-0.4, -0.2) is 53.0 Å². The van der Waals surface area contributed by atoms with Gasteiger partial charge in [0.15, 0.2) is 0 Å². The smallest absolute Gasteiger partial charge is 0.356 e. The monoisotopic (exact) mass is 447 g/mol. The van der Waals surface area contributed by atoms with Crippen molar-refractivity contribution in [1.29, 1.82) is 0 Å². The molecule has 0 spiro atoms. The number of nitrogens with zero attached hydrogens (tertiary/aromatic N) is 4. The van der Waals surface area contributed by atoms with Gasteiger partial charge in [-0.25, -0.2) is 9.97 Å². The number of nitrogens with one attached hydrogen (secondary N) is 1. The molecule has 172 valence electrons. The van der Waals surface area contributed by atoms with Crippen LogP contribution in [0.4, 0.5) is 19.0 Å². The molecular weight excluding hydrogens is 419 g/mol. The van der Waals surface area contributed by atoms with E-state index in [2.05, 4.69) is 32.3 Å². The maximum absolute atomic E-state index is 12.9. The summed E-state index contributed by atoms with van der Waals surface area (Å²) in [7, 11) is 0. The second kappa shape index (κ2) is 9.85. The van der Waals surface area contributed by atoms with Crippen LogP contribution in [-0.2, 0) is 17.5 Å². The van der Waals surface area contributed by atoms with Crippen LogP contribution in [0, 0.1) is 5.92 Å².